The van der Waals surface area contributed by atoms with Crippen LogP contribution in [-0.4, -0.2) is 29.3 Å². The van der Waals surface area contributed by atoms with E-state index in [0.29, 0.717) is 17.9 Å². The molecular weight excluding hydrogens is 306 g/mol. The zero-order chi connectivity index (χ0) is 16.3. The molecule has 1 saturated heterocycles. The maximum atomic E-state index is 11.7. The SMILES string of the molecule is CC1CC(c2ccc(Cl)cc2)(C(N=[N+]=[N-])C(=O)O)CC(C)O1. The number of ether oxygens (including phenoxy) is 1. The molecule has 0 aromatic heterocycles. The number of halogens is 1. The van der Waals surface area contributed by atoms with Crippen LogP contribution in [0.15, 0.2) is 29.4 Å². The van der Waals surface area contributed by atoms with Crippen molar-refractivity contribution in [3.63, 3.8) is 0 Å². The third-order valence-electron chi connectivity index (χ3n) is 4.11. The van der Waals surface area contributed by atoms with Crippen molar-refractivity contribution < 1.29 is 14.6 Å². The Morgan fingerprint density at radius 2 is 1.95 bits per heavy atom. The highest BCUT2D eigenvalue weighted by Crippen LogP contribution is 2.44. The van der Waals surface area contributed by atoms with E-state index in [-0.39, 0.29) is 12.2 Å². The minimum Gasteiger partial charge on any atom is -0.481 e. The van der Waals surface area contributed by atoms with Crippen LogP contribution in [0.5, 0.6) is 0 Å². The van der Waals surface area contributed by atoms with Crippen LogP contribution in [0, 0.1) is 0 Å². The Balaban J connectivity index is 2.59. The van der Waals surface area contributed by atoms with Gasteiger partial charge in [-0.1, -0.05) is 28.8 Å². The van der Waals surface area contributed by atoms with Gasteiger partial charge in [0, 0.05) is 15.3 Å². The number of hydrogen-bond donors (Lipinski definition) is 1. The van der Waals surface area contributed by atoms with Crippen molar-refractivity contribution >= 4 is 17.6 Å². The fourth-order valence-electron chi connectivity index (χ4n) is 3.45. The number of nitrogens with zero attached hydrogens (tertiary/aromatic N) is 3. The van der Waals surface area contributed by atoms with Gasteiger partial charge in [-0.05, 0) is 49.9 Å². The summed E-state index contributed by atoms with van der Waals surface area (Å²) < 4.78 is 5.74. The lowest BCUT2D eigenvalue weighted by Gasteiger charge is -2.45. The van der Waals surface area contributed by atoms with E-state index in [9.17, 15) is 9.90 Å². The molecule has 2 rings (SSSR count). The number of hydrogen-bond acceptors (Lipinski definition) is 3. The van der Waals surface area contributed by atoms with E-state index >= 15 is 0 Å². The van der Waals surface area contributed by atoms with Crippen LogP contribution < -0.4 is 0 Å². The van der Waals surface area contributed by atoms with Crippen LogP contribution in [0.4, 0.5) is 0 Å². The van der Waals surface area contributed by atoms with Gasteiger partial charge in [-0.3, -0.25) is 4.79 Å². The van der Waals surface area contributed by atoms with Gasteiger partial charge in [0.05, 0.1) is 12.2 Å². The fraction of sp³-hybridized carbons (Fsp3) is 0.533. The normalized spacial score (nSPS) is 29.4. The highest BCUT2D eigenvalue weighted by Gasteiger charge is 2.48. The zero-order valence-electron chi connectivity index (χ0n) is 12.4. The Morgan fingerprint density at radius 1 is 1.41 bits per heavy atom. The lowest BCUT2D eigenvalue weighted by atomic mass is 9.66. The van der Waals surface area contributed by atoms with E-state index in [0.717, 1.165) is 5.56 Å². The molecule has 6 nitrogen and oxygen atoms in total. The zero-order valence-corrected chi connectivity index (χ0v) is 13.2. The molecule has 0 spiro atoms. The Morgan fingerprint density at radius 3 is 2.41 bits per heavy atom. The molecule has 0 saturated carbocycles. The minimum atomic E-state index is -1.19. The lowest BCUT2D eigenvalue weighted by Crippen LogP contribution is -2.51. The van der Waals surface area contributed by atoms with Crippen LogP contribution >= 0.6 is 11.6 Å². The third-order valence-corrected chi connectivity index (χ3v) is 4.36. The summed E-state index contributed by atoms with van der Waals surface area (Å²) in [6.07, 6.45) is 0.675. The van der Waals surface area contributed by atoms with Crippen molar-refractivity contribution in [3.8, 4) is 0 Å². The predicted molar refractivity (Wildman–Crippen MR) is 82.9 cm³/mol. The molecule has 0 bridgehead atoms. The van der Waals surface area contributed by atoms with Crippen molar-refractivity contribution in [2.45, 2.75) is 50.4 Å². The number of carboxylic acid groups (broad SMARTS) is 1. The minimum absolute atomic E-state index is 0.129. The van der Waals surface area contributed by atoms with Gasteiger partial charge in [-0.25, -0.2) is 0 Å². The van der Waals surface area contributed by atoms with Crippen molar-refractivity contribution in [1.29, 1.82) is 0 Å². The standard InChI is InChI=1S/C15H18ClN3O3/c1-9-7-15(8-10(2)22-9,13(14(20)21)18-19-17)11-3-5-12(16)6-4-11/h3-6,9-10,13H,7-8H2,1-2H3,(H,20,21). The monoisotopic (exact) mass is 323 g/mol. The summed E-state index contributed by atoms with van der Waals surface area (Å²) in [5.41, 5.74) is 8.79. The van der Waals surface area contributed by atoms with E-state index in [4.69, 9.17) is 21.9 Å². The molecule has 1 N–H and O–H groups in total. The van der Waals surface area contributed by atoms with Gasteiger partial charge >= 0.3 is 5.97 Å². The summed E-state index contributed by atoms with van der Waals surface area (Å²) in [5, 5.41) is 13.7. The number of benzene rings is 1. The fourth-order valence-corrected chi connectivity index (χ4v) is 3.57. The molecule has 1 aliphatic rings. The van der Waals surface area contributed by atoms with Gasteiger partial charge in [0.15, 0.2) is 0 Å². The number of azide groups is 1. The molecule has 3 atom stereocenters. The second-order valence-corrected chi connectivity index (χ2v) is 6.21. The molecule has 3 unspecified atom stereocenters. The van der Waals surface area contributed by atoms with E-state index in [1.165, 1.54) is 0 Å². The van der Waals surface area contributed by atoms with Gasteiger partial charge in [0.1, 0.15) is 6.04 Å². The number of carbonyl (C=O) groups is 1. The second-order valence-electron chi connectivity index (χ2n) is 5.77. The average molecular weight is 324 g/mol. The largest absolute Gasteiger partial charge is 0.481 e. The molecule has 0 radical (unpaired) electrons. The maximum Gasteiger partial charge on any atom is 0.313 e. The van der Waals surface area contributed by atoms with Crippen molar-refractivity contribution in [2.75, 3.05) is 0 Å². The van der Waals surface area contributed by atoms with Gasteiger partial charge in [0.25, 0.3) is 0 Å². The van der Waals surface area contributed by atoms with E-state index in [1.807, 2.05) is 13.8 Å². The Kier molecular flexibility index (Phi) is 4.96. The van der Waals surface area contributed by atoms with Crippen molar-refractivity contribution in [3.05, 3.63) is 45.3 Å². The van der Waals surface area contributed by atoms with E-state index < -0.39 is 17.4 Å². The quantitative estimate of drug-likeness (QED) is 0.516. The third kappa shape index (κ3) is 3.19. The number of carboxylic acids is 1. The van der Waals surface area contributed by atoms with Crippen LogP contribution in [0.1, 0.15) is 32.3 Å². The van der Waals surface area contributed by atoms with E-state index in [2.05, 4.69) is 10.0 Å². The maximum absolute atomic E-state index is 11.7. The molecule has 0 amide bonds. The highest BCUT2D eigenvalue weighted by atomic mass is 35.5. The molecular formula is C15H18ClN3O3. The first-order valence-electron chi connectivity index (χ1n) is 7.07. The number of rotatable bonds is 4. The summed E-state index contributed by atoms with van der Waals surface area (Å²) in [6.45, 7) is 3.80. The summed E-state index contributed by atoms with van der Waals surface area (Å²) >= 11 is 5.93. The Hall–Kier alpha value is -1.75. The van der Waals surface area contributed by atoms with E-state index in [1.54, 1.807) is 24.3 Å². The van der Waals surface area contributed by atoms with Crippen molar-refractivity contribution in [2.24, 2.45) is 5.11 Å². The predicted octanol–water partition coefficient (Wildman–Crippen LogP) is 3.93. The van der Waals surface area contributed by atoms with Gasteiger partial charge in [0.2, 0.25) is 0 Å². The molecule has 0 aliphatic carbocycles. The smallest absolute Gasteiger partial charge is 0.313 e. The van der Waals surface area contributed by atoms with Crippen LogP contribution in [0.2, 0.25) is 5.02 Å². The molecule has 1 aliphatic heterocycles. The van der Waals surface area contributed by atoms with Gasteiger partial charge in [-0.2, -0.15) is 0 Å². The van der Waals surface area contributed by atoms with Crippen LogP contribution in [-0.2, 0) is 14.9 Å². The summed E-state index contributed by atoms with van der Waals surface area (Å²) in [6, 6.07) is 5.86. The van der Waals surface area contributed by atoms with Crippen molar-refractivity contribution in [1.82, 2.24) is 0 Å². The highest BCUT2D eigenvalue weighted by molar-refractivity contribution is 6.30. The molecule has 1 fully saturated rings. The number of aliphatic carboxylic acids is 1. The van der Waals surface area contributed by atoms with Gasteiger partial charge < -0.3 is 9.84 Å². The summed E-state index contributed by atoms with van der Waals surface area (Å²) in [4.78, 5) is 14.5. The topological polar surface area (TPSA) is 95.3 Å². The van der Waals surface area contributed by atoms with Crippen LogP contribution in [0.3, 0.4) is 0 Å². The molecule has 1 heterocycles. The molecule has 1 aromatic carbocycles. The molecule has 7 heteroatoms. The molecule has 118 valence electrons. The van der Waals surface area contributed by atoms with Crippen LogP contribution in [0.25, 0.3) is 10.4 Å². The first-order chi connectivity index (χ1) is 10.4. The Bertz CT molecular complexity index is 587. The second kappa shape index (κ2) is 6.57. The lowest BCUT2D eigenvalue weighted by molar-refractivity contribution is -0.143. The first-order valence-corrected chi connectivity index (χ1v) is 7.45. The first kappa shape index (κ1) is 16.6. The average Bonchev–Trinajstić information content (AvgIpc) is 2.43. The molecule has 1 aromatic rings. The van der Waals surface area contributed by atoms with Gasteiger partial charge in [-0.15, -0.1) is 0 Å². The summed E-state index contributed by atoms with van der Waals surface area (Å²) in [5.74, 6) is -1.13. The summed E-state index contributed by atoms with van der Waals surface area (Å²) in [7, 11) is 0. The Labute approximate surface area is 133 Å². The molecule has 22 heavy (non-hydrogen) atoms.